The molecule has 1 rings (SSSR count). The van der Waals surface area contributed by atoms with Crippen LogP contribution in [0.4, 0.5) is 0 Å². The molecule has 0 aliphatic carbocycles. The van der Waals surface area contributed by atoms with E-state index in [0.717, 1.165) is 11.3 Å². The fourth-order valence-corrected chi connectivity index (χ4v) is 1.79. The minimum absolute atomic E-state index is 0.375. The topological polar surface area (TPSA) is 64.6 Å². The summed E-state index contributed by atoms with van der Waals surface area (Å²) in [7, 11) is 0. The SMILES string of the molecule is CCOc1ccc(C[C@H](NC=O)C(=O)OC(C)(C)C)cc1. The molecule has 5 nitrogen and oxygen atoms in total. The Morgan fingerprint density at radius 2 is 1.90 bits per heavy atom. The molecule has 0 aliphatic rings. The van der Waals surface area contributed by atoms with E-state index >= 15 is 0 Å². The van der Waals surface area contributed by atoms with Gasteiger partial charge in [-0.05, 0) is 45.4 Å². The van der Waals surface area contributed by atoms with Crippen molar-refractivity contribution in [3.63, 3.8) is 0 Å². The molecule has 0 aliphatic heterocycles. The lowest BCUT2D eigenvalue weighted by atomic mass is 10.1. The lowest BCUT2D eigenvalue weighted by Gasteiger charge is -2.23. The lowest BCUT2D eigenvalue weighted by Crippen LogP contribution is -2.42. The molecule has 0 saturated carbocycles. The van der Waals surface area contributed by atoms with Gasteiger partial charge in [-0.15, -0.1) is 0 Å². The van der Waals surface area contributed by atoms with Crippen LogP contribution in [0.3, 0.4) is 0 Å². The molecule has 0 radical (unpaired) electrons. The molecule has 21 heavy (non-hydrogen) atoms. The number of hydrogen-bond acceptors (Lipinski definition) is 4. The summed E-state index contributed by atoms with van der Waals surface area (Å²) in [5, 5.41) is 2.51. The average molecular weight is 293 g/mol. The van der Waals surface area contributed by atoms with Crippen molar-refractivity contribution in [3.05, 3.63) is 29.8 Å². The van der Waals surface area contributed by atoms with Crippen molar-refractivity contribution >= 4 is 12.4 Å². The van der Waals surface area contributed by atoms with Crippen LogP contribution in [0.2, 0.25) is 0 Å². The molecule has 1 atom stereocenters. The van der Waals surface area contributed by atoms with Gasteiger partial charge in [0, 0.05) is 6.42 Å². The summed E-state index contributed by atoms with van der Waals surface area (Å²) < 4.78 is 10.7. The van der Waals surface area contributed by atoms with E-state index in [9.17, 15) is 9.59 Å². The van der Waals surface area contributed by atoms with Gasteiger partial charge in [0.1, 0.15) is 17.4 Å². The third-order valence-corrected chi connectivity index (χ3v) is 2.63. The van der Waals surface area contributed by atoms with Gasteiger partial charge < -0.3 is 14.8 Å². The summed E-state index contributed by atoms with van der Waals surface area (Å²) in [5.74, 6) is 0.335. The Kier molecular flexibility index (Phi) is 6.21. The summed E-state index contributed by atoms with van der Waals surface area (Å²) >= 11 is 0. The maximum absolute atomic E-state index is 12.1. The summed E-state index contributed by atoms with van der Waals surface area (Å²) in [4.78, 5) is 22.7. The van der Waals surface area contributed by atoms with Gasteiger partial charge in [0.05, 0.1) is 6.61 Å². The van der Waals surface area contributed by atoms with Crippen LogP contribution in [0.15, 0.2) is 24.3 Å². The first-order chi connectivity index (χ1) is 9.85. The van der Waals surface area contributed by atoms with Crippen molar-refractivity contribution in [1.82, 2.24) is 5.32 Å². The van der Waals surface area contributed by atoms with Crippen LogP contribution in [-0.4, -0.2) is 30.6 Å². The fraction of sp³-hybridized carbons (Fsp3) is 0.500. The highest BCUT2D eigenvalue weighted by atomic mass is 16.6. The number of benzene rings is 1. The summed E-state index contributed by atoms with van der Waals surface area (Å²) in [6.45, 7) is 7.90. The Morgan fingerprint density at radius 3 is 2.38 bits per heavy atom. The van der Waals surface area contributed by atoms with Gasteiger partial charge in [0.25, 0.3) is 0 Å². The number of esters is 1. The van der Waals surface area contributed by atoms with Gasteiger partial charge in [-0.1, -0.05) is 12.1 Å². The molecule has 116 valence electrons. The Balaban J connectivity index is 2.73. The first kappa shape index (κ1) is 17.0. The summed E-state index contributed by atoms with van der Waals surface area (Å²) in [6.07, 6.45) is 0.892. The minimum Gasteiger partial charge on any atom is -0.494 e. The molecule has 5 heteroatoms. The number of carbonyl (C=O) groups is 2. The third kappa shape index (κ3) is 6.29. The van der Waals surface area contributed by atoms with E-state index < -0.39 is 17.6 Å². The zero-order valence-electron chi connectivity index (χ0n) is 13.0. The van der Waals surface area contributed by atoms with Gasteiger partial charge >= 0.3 is 5.97 Å². The first-order valence-electron chi connectivity index (χ1n) is 7.00. The Bertz CT molecular complexity index is 462. The maximum Gasteiger partial charge on any atom is 0.329 e. The highest BCUT2D eigenvalue weighted by molar-refractivity contribution is 5.79. The van der Waals surface area contributed by atoms with E-state index in [1.165, 1.54) is 0 Å². The first-order valence-corrected chi connectivity index (χ1v) is 7.00. The minimum atomic E-state index is -0.695. The van der Waals surface area contributed by atoms with Gasteiger partial charge in [-0.3, -0.25) is 4.79 Å². The Morgan fingerprint density at radius 1 is 1.29 bits per heavy atom. The molecule has 0 bridgehead atoms. The third-order valence-electron chi connectivity index (χ3n) is 2.63. The second-order valence-electron chi connectivity index (χ2n) is 5.65. The standard InChI is InChI=1S/C16H23NO4/c1-5-20-13-8-6-12(7-9-13)10-14(17-11-18)15(19)21-16(2,3)4/h6-9,11,14H,5,10H2,1-4H3,(H,17,18)/t14-/m0/s1. The molecular weight excluding hydrogens is 270 g/mol. The second-order valence-corrected chi connectivity index (χ2v) is 5.65. The second kappa shape index (κ2) is 7.67. The molecule has 1 aromatic rings. The molecule has 0 spiro atoms. The monoisotopic (exact) mass is 293 g/mol. The molecule has 0 fully saturated rings. The smallest absolute Gasteiger partial charge is 0.329 e. The van der Waals surface area contributed by atoms with E-state index in [1.54, 1.807) is 20.8 Å². The van der Waals surface area contributed by atoms with Gasteiger partial charge in [0.2, 0.25) is 6.41 Å². The van der Waals surface area contributed by atoms with Crippen molar-refractivity contribution in [3.8, 4) is 5.75 Å². The van der Waals surface area contributed by atoms with Crippen LogP contribution in [0.25, 0.3) is 0 Å². The zero-order valence-corrected chi connectivity index (χ0v) is 13.0. The quantitative estimate of drug-likeness (QED) is 0.617. The number of amides is 1. The Labute approximate surface area is 125 Å². The van der Waals surface area contributed by atoms with Crippen LogP contribution in [0.5, 0.6) is 5.75 Å². The van der Waals surface area contributed by atoms with E-state index in [-0.39, 0.29) is 0 Å². The fourth-order valence-electron chi connectivity index (χ4n) is 1.79. The number of rotatable bonds is 7. The van der Waals surface area contributed by atoms with Crippen LogP contribution in [0, 0.1) is 0 Å². The number of ether oxygens (including phenoxy) is 2. The molecule has 1 aromatic carbocycles. The van der Waals surface area contributed by atoms with Crippen LogP contribution in [-0.2, 0) is 20.7 Å². The predicted molar refractivity (Wildman–Crippen MR) is 80.1 cm³/mol. The summed E-state index contributed by atoms with van der Waals surface area (Å²) in [6, 6.07) is 6.72. The van der Waals surface area contributed by atoms with E-state index in [4.69, 9.17) is 9.47 Å². The molecule has 1 N–H and O–H groups in total. The van der Waals surface area contributed by atoms with Crippen molar-refractivity contribution in [1.29, 1.82) is 0 Å². The molecular formula is C16H23NO4. The van der Waals surface area contributed by atoms with E-state index in [0.29, 0.717) is 19.4 Å². The zero-order chi connectivity index (χ0) is 15.9. The predicted octanol–water partition coefficient (Wildman–Crippen LogP) is 2.08. The normalized spacial score (nSPS) is 12.4. The van der Waals surface area contributed by atoms with Crippen molar-refractivity contribution in [2.45, 2.75) is 45.8 Å². The number of hydrogen-bond donors (Lipinski definition) is 1. The van der Waals surface area contributed by atoms with Crippen molar-refractivity contribution < 1.29 is 19.1 Å². The number of nitrogens with one attached hydrogen (secondary N) is 1. The van der Waals surface area contributed by atoms with Crippen LogP contribution >= 0.6 is 0 Å². The molecule has 0 unspecified atom stereocenters. The molecule has 0 aromatic heterocycles. The van der Waals surface area contributed by atoms with Gasteiger partial charge in [-0.25, -0.2) is 4.79 Å². The van der Waals surface area contributed by atoms with E-state index in [1.807, 2.05) is 31.2 Å². The van der Waals surface area contributed by atoms with Gasteiger partial charge in [0.15, 0.2) is 0 Å². The van der Waals surface area contributed by atoms with Gasteiger partial charge in [-0.2, -0.15) is 0 Å². The maximum atomic E-state index is 12.1. The van der Waals surface area contributed by atoms with Crippen LogP contribution < -0.4 is 10.1 Å². The number of carbonyl (C=O) groups excluding carboxylic acids is 2. The highest BCUT2D eigenvalue weighted by Gasteiger charge is 2.24. The Hall–Kier alpha value is -2.04. The highest BCUT2D eigenvalue weighted by Crippen LogP contribution is 2.15. The van der Waals surface area contributed by atoms with E-state index in [2.05, 4.69) is 5.32 Å². The van der Waals surface area contributed by atoms with Crippen LogP contribution in [0.1, 0.15) is 33.3 Å². The average Bonchev–Trinajstić information content (AvgIpc) is 2.39. The largest absolute Gasteiger partial charge is 0.494 e. The van der Waals surface area contributed by atoms with Crippen molar-refractivity contribution in [2.24, 2.45) is 0 Å². The lowest BCUT2D eigenvalue weighted by molar-refractivity contribution is -0.158. The molecule has 0 saturated heterocycles. The molecule has 1 amide bonds. The summed E-state index contributed by atoms with van der Waals surface area (Å²) in [5.41, 5.74) is 0.335. The van der Waals surface area contributed by atoms with Crippen molar-refractivity contribution in [2.75, 3.05) is 6.61 Å². The molecule has 0 heterocycles.